The summed E-state index contributed by atoms with van der Waals surface area (Å²) < 4.78 is 5.10. The molecule has 0 aromatic carbocycles. The number of hydrogen-bond donors (Lipinski definition) is 2. The summed E-state index contributed by atoms with van der Waals surface area (Å²) in [6.07, 6.45) is 1.94. The maximum absolute atomic E-state index is 11.5. The van der Waals surface area contributed by atoms with Gasteiger partial charge in [0, 0.05) is 5.92 Å². The summed E-state index contributed by atoms with van der Waals surface area (Å²) in [7, 11) is 0. The molecule has 1 saturated carbocycles. The predicted octanol–water partition coefficient (Wildman–Crippen LogP) is 2.02. The molecule has 2 unspecified atom stereocenters. The SMILES string of the molecule is CC1CCCC1(O)NC(=O)OC(C)(C)C. The Bertz CT molecular complexity index is 247. The van der Waals surface area contributed by atoms with Crippen LogP contribution in [0, 0.1) is 5.92 Å². The molecule has 0 aromatic heterocycles. The topological polar surface area (TPSA) is 58.6 Å². The highest BCUT2D eigenvalue weighted by Crippen LogP contribution is 2.33. The van der Waals surface area contributed by atoms with Crippen molar-refractivity contribution in [3.63, 3.8) is 0 Å². The zero-order valence-corrected chi connectivity index (χ0v) is 9.96. The molecule has 0 aromatic rings. The Kier molecular flexibility index (Phi) is 3.28. The lowest BCUT2D eigenvalue weighted by molar-refractivity contribution is -0.0345. The van der Waals surface area contributed by atoms with Gasteiger partial charge in [0.25, 0.3) is 0 Å². The summed E-state index contributed by atoms with van der Waals surface area (Å²) in [6, 6.07) is 0. The normalized spacial score (nSPS) is 31.4. The molecule has 0 radical (unpaired) electrons. The van der Waals surface area contributed by atoms with E-state index in [0.29, 0.717) is 6.42 Å². The number of carbonyl (C=O) groups is 1. The standard InChI is InChI=1S/C11H21NO3/c1-8-6-5-7-11(8,14)12-9(13)15-10(2,3)4/h8,14H,5-7H2,1-4H3,(H,12,13). The van der Waals surface area contributed by atoms with Crippen LogP contribution < -0.4 is 5.32 Å². The summed E-state index contributed by atoms with van der Waals surface area (Å²) >= 11 is 0. The average molecular weight is 215 g/mol. The van der Waals surface area contributed by atoms with E-state index in [2.05, 4.69) is 5.32 Å². The molecular weight excluding hydrogens is 194 g/mol. The molecule has 4 heteroatoms. The molecule has 15 heavy (non-hydrogen) atoms. The second-order valence-electron chi connectivity index (χ2n) is 5.34. The monoisotopic (exact) mass is 215 g/mol. The fourth-order valence-electron chi connectivity index (χ4n) is 1.83. The summed E-state index contributed by atoms with van der Waals surface area (Å²) in [4.78, 5) is 11.5. The summed E-state index contributed by atoms with van der Waals surface area (Å²) in [5.41, 5.74) is -1.61. The Balaban J connectivity index is 2.51. The van der Waals surface area contributed by atoms with Gasteiger partial charge in [-0.1, -0.05) is 6.92 Å². The maximum atomic E-state index is 11.5. The van der Waals surface area contributed by atoms with Crippen molar-refractivity contribution in [3.05, 3.63) is 0 Å². The van der Waals surface area contributed by atoms with E-state index in [4.69, 9.17) is 4.74 Å². The van der Waals surface area contributed by atoms with Crippen LogP contribution in [0.25, 0.3) is 0 Å². The number of amides is 1. The molecule has 0 bridgehead atoms. The van der Waals surface area contributed by atoms with Crippen LogP contribution in [-0.4, -0.2) is 22.5 Å². The summed E-state index contributed by atoms with van der Waals surface area (Å²) in [5, 5.41) is 12.7. The lowest BCUT2D eigenvalue weighted by atomic mass is 10.0. The Morgan fingerprint density at radius 2 is 2.13 bits per heavy atom. The molecule has 1 amide bonds. The highest BCUT2D eigenvalue weighted by Gasteiger charge is 2.40. The van der Waals surface area contributed by atoms with E-state index < -0.39 is 17.4 Å². The number of alkyl carbamates (subject to hydrolysis) is 1. The number of aliphatic hydroxyl groups is 1. The molecule has 0 saturated heterocycles. The highest BCUT2D eigenvalue weighted by molar-refractivity contribution is 5.68. The molecular formula is C11H21NO3. The largest absolute Gasteiger partial charge is 0.444 e. The molecule has 2 N–H and O–H groups in total. The lowest BCUT2D eigenvalue weighted by Gasteiger charge is -2.30. The molecule has 0 heterocycles. The van der Waals surface area contributed by atoms with E-state index in [1.54, 1.807) is 20.8 Å². The lowest BCUT2D eigenvalue weighted by Crippen LogP contribution is -2.51. The van der Waals surface area contributed by atoms with Crippen LogP contribution in [0.1, 0.15) is 47.0 Å². The molecule has 4 nitrogen and oxygen atoms in total. The smallest absolute Gasteiger partial charge is 0.409 e. The van der Waals surface area contributed by atoms with Gasteiger partial charge >= 0.3 is 6.09 Å². The molecule has 0 spiro atoms. The van der Waals surface area contributed by atoms with Gasteiger partial charge in [0.2, 0.25) is 0 Å². The Morgan fingerprint density at radius 1 is 1.53 bits per heavy atom. The first-order valence-corrected chi connectivity index (χ1v) is 5.46. The number of ether oxygens (including phenoxy) is 1. The van der Waals surface area contributed by atoms with Crippen molar-refractivity contribution in [1.82, 2.24) is 5.32 Å². The van der Waals surface area contributed by atoms with Crippen LogP contribution in [0.5, 0.6) is 0 Å². The van der Waals surface area contributed by atoms with Crippen molar-refractivity contribution in [2.45, 2.75) is 58.3 Å². The third-order valence-corrected chi connectivity index (χ3v) is 2.73. The number of nitrogens with one attached hydrogen (secondary N) is 1. The fourth-order valence-corrected chi connectivity index (χ4v) is 1.83. The van der Waals surface area contributed by atoms with Crippen molar-refractivity contribution in [1.29, 1.82) is 0 Å². The van der Waals surface area contributed by atoms with Gasteiger partial charge in [-0.2, -0.15) is 0 Å². The first kappa shape index (κ1) is 12.3. The summed E-state index contributed by atoms with van der Waals surface area (Å²) in [5.74, 6) is 0.0880. The minimum Gasteiger partial charge on any atom is -0.444 e. The van der Waals surface area contributed by atoms with Crippen molar-refractivity contribution >= 4 is 6.09 Å². The first-order chi connectivity index (χ1) is 6.73. The average Bonchev–Trinajstić information content (AvgIpc) is 2.27. The minimum atomic E-state index is -1.08. The fraction of sp³-hybridized carbons (Fsp3) is 0.909. The Labute approximate surface area is 91.0 Å². The van der Waals surface area contributed by atoms with E-state index in [0.717, 1.165) is 12.8 Å². The van der Waals surface area contributed by atoms with Gasteiger partial charge in [-0.3, -0.25) is 5.32 Å². The van der Waals surface area contributed by atoms with Gasteiger partial charge < -0.3 is 9.84 Å². The van der Waals surface area contributed by atoms with Crippen LogP contribution in [0.3, 0.4) is 0 Å². The van der Waals surface area contributed by atoms with Gasteiger partial charge in [0.15, 0.2) is 0 Å². The number of hydrogen-bond acceptors (Lipinski definition) is 3. The molecule has 0 aliphatic heterocycles. The van der Waals surface area contributed by atoms with Crippen LogP contribution in [0.2, 0.25) is 0 Å². The molecule has 1 aliphatic carbocycles. The predicted molar refractivity (Wildman–Crippen MR) is 57.3 cm³/mol. The van der Waals surface area contributed by atoms with Gasteiger partial charge in [0.1, 0.15) is 11.3 Å². The van der Waals surface area contributed by atoms with Crippen LogP contribution in [-0.2, 0) is 4.74 Å². The van der Waals surface area contributed by atoms with Crippen molar-refractivity contribution < 1.29 is 14.6 Å². The number of carbonyl (C=O) groups excluding carboxylic acids is 1. The van der Waals surface area contributed by atoms with Gasteiger partial charge in [-0.25, -0.2) is 4.79 Å². The van der Waals surface area contributed by atoms with E-state index in [9.17, 15) is 9.90 Å². The van der Waals surface area contributed by atoms with E-state index in [-0.39, 0.29) is 5.92 Å². The zero-order chi connectivity index (χ0) is 11.7. The van der Waals surface area contributed by atoms with E-state index in [1.165, 1.54) is 0 Å². The van der Waals surface area contributed by atoms with Gasteiger partial charge in [-0.05, 0) is 40.0 Å². The van der Waals surface area contributed by atoms with Crippen LogP contribution in [0.15, 0.2) is 0 Å². The maximum Gasteiger partial charge on any atom is 0.409 e. The van der Waals surface area contributed by atoms with Crippen LogP contribution in [0.4, 0.5) is 4.79 Å². The van der Waals surface area contributed by atoms with Gasteiger partial charge in [-0.15, -0.1) is 0 Å². The van der Waals surface area contributed by atoms with Crippen molar-refractivity contribution in [2.75, 3.05) is 0 Å². The van der Waals surface area contributed by atoms with Crippen molar-refractivity contribution in [3.8, 4) is 0 Å². The Morgan fingerprint density at radius 3 is 2.53 bits per heavy atom. The molecule has 1 fully saturated rings. The highest BCUT2D eigenvalue weighted by atomic mass is 16.6. The number of rotatable bonds is 1. The first-order valence-electron chi connectivity index (χ1n) is 5.46. The molecule has 1 rings (SSSR count). The van der Waals surface area contributed by atoms with E-state index >= 15 is 0 Å². The van der Waals surface area contributed by atoms with Crippen molar-refractivity contribution in [2.24, 2.45) is 5.92 Å². The molecule has 88 valence electrons. The second kappa shape index (κ2) is 4.00. The third-order valence-electron chi connectivity index (χ3n) is 2.73. The third kappa shape index (κ3) is 3.38. The zero-order valence-electron chi connectivity index (χ0n) is 9.96. The minimum absolute atomic E-state index is 0.0880. The summed E-state index contributed by atoms with van der Waals surface area (Å²) in [6.45, 7) is 7.34. The molecule has 1 aliphatic rings. The molecule has 2 atom stereocenters. The second-order valence-corrected chi connectivity index (χ2v) is 5.34. The van der Waals surface area contributed by atoms with Crippen LogP contribution >= 0.6 is 0 Å². The Hall–Kier alpha value is -0.770. The van der Waals surface area contributed by atoms with E-state index in [1.807, 2.05) is 6.92 Å². The van der Waals surface area contributed by atoms with Gasteiger partial charge in [0.05, 0.1) is 0 Å². The quantitative estimate of drug-likeness (QED) is 0.658.